The van der Waals surface area contributed by atoms with Gasteiger partial charge in [0, 0.05) is 55.6 Å². The van der Waals surface area contributed by atoms with Crippen LogP contribution in [-0.4, -0.2) is 63.4 Å². The van der Waals surface area contributed by atoms with E-state index < -0.39 is 0 Å². The van der Waals surface area contributed by atoms with Crippen molar-refractivity contribution in [3.63, 3.8) is 0 Å². The highest BCUT2D eigenvalue weighted by Crippen LogP contribution is 2.34. The predicted octanol–water partition coefficient (Wildman–Crippen LogP) is 5.68. The van der Waals surface area contributed by atoms with Crippen LogP contribution in [0.1, 0.15) is 65.5 Å². The van der Waals surface area contributed by atoms with Crippen LogP contribution >= 0.6 is 0 Å². The first-order chi connectivity index (χ1) is 19.4. The van der Waals surface area contributed by atoms with Gasteiger partial charge in [-0.25, -0.2) is 16.5 Å². The molecule has 0 spiro atoms. The third kappa shape index (κ3) is 6.03. The summed E-state index contributed by atoms with van der Waals surface area (Å²) < 4.78 is 0. The third-order valence-corrected chi connectivity index (χ3v) is 8.96. The van der Waals surface area contributed by atoms with Crippen LogP contribution in [0.2, 0.25) is 0 Å². The molecule has 1 aromatic heterocycles. The smallest absolute Gasteiger partial charge is 0.257 e. The highest BCUT2D eigenvalue weighted by molar-refractivity contribution is 5.96. The molecule has 0 N–H and O–H groups in total. The molecule has 0 atom stereocenters. The van der Waals surface area contributed by atoms with E-state index in [0.29, 0.717) is 18.2 Å². The Hall–Kier alpha value is -3.76. The average molecular weight is 537 g/mol. The maximum atomic E-state index is 13.3. The predicted molar refractivity (Wildman–Crippen MR) is 159 cm³/mol. The standard InChI is InChI=1S/C33H40N6O/c1-25-31(26(2)36-24-35-25)32(40)37-20-16-33(3,17-21-37)38-18-14-30(15-19-38)39(23-28-8-6-5-7-9-28)29-12-10-27(11-13-29)22-34-4/h5-13,24,30H,14-23H2,1-3H3. The summed E-state index contributed by atoms with van der Waals surface area (Å²) in [7, 11) is 0. The number of benzene rings is 2. The number of nitrogens with zero attached hydrogens (tertiary/aromatic N) is 6. The van der Waals surface area contributed by atoms with Gasteiger partial charge in [-0.15, -0.1) is 0 Å². The molecule has 2 fully saturated rings. The Labute approximate surface area is 238 Å². The first-order valence-corrected chi connectivity index (χ1v) is 14.4. The SMILES string of the molecule is [C-]#[N+]Cc1ccc(N(Cc2ccccc2)C2CCN(C3(C)CCN(C(=O)c4c(C)ncnc4C)CC3)CC2)cc1. The number of aryl methyl sites for hydroxylation is 2. The molecule has 2 aliphatic heterocycles. The largest absolute Gasteiger partial charge is 0.364 e. The lowest BCUT2D eigenvalue weighted by molar-refractivity contribution is 0.0170. The molecular formula is C33H40N6O. The molecule has 1 amide bonds. The zero-order chi connectivity index (χ0) is 28.1. The molecule has 0 unspecified atom stereocenters. The van der Waals surface area contributed by atoms with Gasteiger partial charge >= 0.3 is 0 Å². The van der Waals surface area contributed by atoms with E-state index in [0.717, 1.165) is 75.4 Å². The van der Waals surface area contributed by atoms with Crippen molar-refractivity contribution in [2.24, 2.45) is 0 Å². The number of aromatic nitrogens is 2. The second-order valence-electron chi connectivity index (χ2n) is 11.5. The van der Waals surface area contributed by atoms with Crippen molar-refractivity contribution in [2.75, 3.05) is 31.1 Å². The minimum Gasteiger partial charge on any atom is -0.364 e. The van der Waals surface area contributed by atoms with Crippen molar-refractivity contribution in [1.29, 1.82) is 0 Å². The van der Waals surface area contributed by atoms with Crippen LogP contribution in [0.3, 0.4) is 0 Å². The van der Waals surface area contributed by atoms with Crippen molar-refractivity contribution >= 4 is 11.6 Å². The molecule has 0 bridgehead atoms. The van der Waals surface area contributed by atoms with Crippen molar-refractivity contribution in [3.05, 3.63) is 100 Å². The Kier molecular flexibility index (Phi) is 8.46. The highest BCUT2D eigenvalue weighted by Gasteiger charge is 2.39. The Balaban J connectivity index is 1.23. The van der Waals surface area contributed by atoms with Crippen molar-refractivity contribution in [1.82, 2.24) is 19.8 Å². The van der Waals surface area contributed by atoms with Gasteiger partial charge in [0.2, 0.25) is 6.54 Å². The molecule has 0 radical (unpaired) electrons. The van der Waals surface area contributed by atoms with Crippen molar-refractivity contribution in [3.8, 4) is 0 Å². The zero-order valence-corrected chi connectivity index (χ0v) is 24.0. The highest BCUT2D eigenvalue weighted by atomic mass is 16.2. The molecule has 3 heterocycles. The molecule has 0 saturated carbocycles. The van der Waals surface area contributed by atoms with Gasteiger partial charge in [0.05, 0.1) is 17.0 Å². The molecule has 40 heavy (non-hydrogen) atoms. The van der Waals surface area contributed by atoms with E-state index in [9.17, 15) is 4.79 Å². The number of hydrogen-bond acceptors (Lipinski definition) is 5. The minimum absolute atomic E-state index is 0.0651. The van der Waals surface area contributed by atoms with Crippen molar-refractivity contribution in [2.45, 2.75) is 71.1 Å². The Morgan fingerprint density at radius 1 is 0.950 bits per heavy atom. The van der Waals surface area contributed by atoms with Gasteiger partial charge < -0.3 is 14.6 Å². The summed E-state index contributed by atoms with van der Waals surface area (Å²) in [5, 5.41) is 0. The number of anilines is 1. The maximum absolute atomic E-state index is 13.3. The first-order valence-electron chi connectivity index (χ1n) is 14.4. The fourth-order valence-electron chi connectivity index (χ4n) is 6.38. The lowest BCUT2D eigenvalue weighted by Gasteiger charge is -2.50. The molecule has 2 saturated heterocycles. The van der Waals surface area contributed by atoms with Crippen LogP contribution in [0.5, 0.6) is 0 Å². The van der Waals surface area contributed by atoms with Crippen LogP contribution in [0.4, 0.5) is 5.69 Å². The van der Waals surface area contributed by atoms with Crippen LogP contribution in [0.25, 0.3) is 4.85 Å². The lowest BCUT2D eigenvalue weighted by Crippen LogP contribution is -2.58. The van der Waals surface area contributed by atoms with E-state index in [1.165, 1.54) is 17.6 Å². The fraction of sp³-hybridized carbons (Fsp3) is 0.455. The molecule has 3 aromatic rings. The first kappa shape index (κ1) is 27.8. The second-order valence-corrected chi connectivity index (χ2v) is 11.5. The Bertz CT molecular complexity index is 1310. The topological polar surface area (TPSA) is 56.9 Å². The van der Waals surface area contributed by atoms with E-state index in [2.05, 4.69) is 86.1 Å². The minimum atomic E-state index is 0.0651. The number of carbonyl (C=O) groups is 1. The molecule has 0 aliphatic carbocycles. The van der Waals surface area contributed by atoms with E-state index in [-0.39, 0.29) is 11.4 Å². The number of hydrogen-bond donors (Lipinski definition) is 0. The number of carbonyl (C=O) groups excluding carboxylic acids is 1. The van der Waals surface area contributed by atoms with E-state index in [1.807, 2.05) is 18.7 Å². The normalized spacial score (nSPS) is 17.8. The molecule has 2 aliphatic rings. The summed E-state index contributed by atoms with van der Waals surface area (Å²) in [6.07, 6.45) is 5.70. The maximum Gasteiger partial charge on any atom is 0.257 e. The van der Waals surface area contributed by atoms with Crippen LogP contribution in [0.15, 0.2) is 60.9 Å². The van der Waals surface area contributed by atoms with Gasteiger partial charge in [0.1, 0.15) is 6.33 Å². The third-order valence-electron chi connectivity index (χ3n) is 8.96. The lowest BCUT2D eigenvalue weighted by atomic mass is 9.85. The van der Waals surface area contributed by atoms with Crippen LogP contribution in [0, 0.1) is 20.4 Å². The molecule has 208 valence electrons. The van der Waals surface area contributed by atoms with E-state index in [4.69, 9.17) is 6.57 Å². The Morgan fingerprint density at radius 2 is 1.57 bits per heavy atom. The number of likely N-dealkylation sites (tertiary alicyclic amines) is 2. The zero-order valence-electron chi connectivity index (χ0n) is 24.0. The van der Waals surface area contributed by atoms with Crippen LogP contribution < -0.4 is 4.90 Å². The Morgan fingerprint density at radius 3 is 2.17 bits per heavy atom. The van der Waals surface area contributed by atoms with Gasteiger partial charge in [-0.3, -0.25) is 9.69 Å². The van der Waals surface area contributed by atoms with E-state index >= 15 is 0 Å². The summed E-state index contributed by atoms with van der Waals surface area (Å²) in [5.74, 6) is 0.0651. The molecule has 2 aromatic carbocycles. The van der Waals surface area contributed by atoms with Gasteiger partial charge in [-0.1, -0.05) is 30.3 Å². The number of rotatable bonds is 7. The molecular weight excluding hydrogens is 496 g/mol. The number of amides is 1. The van der Waals surface area contributed by atoms with Gasteiger partial charge in [-0.05, 0) is 76.3 Å². The molecule has 5 rings (SSSR count). The number of piperidine rings is 2. The van der Waals surface area contributed by atoms with Gasteiger partial charge in [0.15, 0.2) is 0 Å². The summed E-state index contributed by atoms with van der Waals surface area (Å²) in [6.45, 7) is 18.3. The monoisotopic (exact) mass is 536 g/mol. The molecule has 7 heteroatoms. The van der Waals surface area contributed by atoms with Gasteiger partial charge in [0.25, 0.3) is 5.91 Å². The molecule has 7 nitrogen and oxygen atoms in total. The van der Waals surface area contributed by atoms with Gasteiger partial charge in [-0.2, -0.15) is 0 Å². The van der Waals surface area contributed by atoms with E-state index in [1.54, 1.807) is 0 Å². The summed E-state index contributed by atoms with van der Waals surface area (Å²) >= 11 is 0. The summed E-state index contributed by atoms with van der Waals surface area (Å²) in [6, 6.07) is 19.7. The second kappa shape index (κ2) is 12.2. The average Bonchev–Trinajstić information content (AvgIpc) is 2.97. The fourth-order valence-corrected chi connectivity index (χ4v) is 6.38. The summed E-state index contributed by atoms with van der Waals surface area (Å²) in [5.41, 5.74) is 5.88. The summed E-state index contributed by atoms with van der Waals surface area (Å²) in [4.78, 5) is 32.6. The quantitative estimate of drug-likeness (QED) is 0.364. The van der Waals surface area contributed by atoms with Crippen molar-refractivity contribution < 1.29 is 4.79 Å². The van der Waals surface area contributed by atoms with Crippen LogP contribution in [-0.2, 0) is 13.1 Å².